The van der Waals surface area contributed by atoms with Gasteiger partial charge in [-0.1, -0.05) is 24.2 Å². The molecule has 0 aliphatic rings. The van der Waals surface area contributed by atoms with Crippen molar-refractivity contribution in [1.29, 1.82) is 0 Å². The van der Waals surface area contributed by atoms with E-state index in [1.54, 1.807) is 6.92 Å². The molecule has 1 atom stereocenters. The van der Waals surface area contributed by atoms with Gasteiger partial charge in [0.1, 0.15) is 5.75 Å². The minimum atomic E-state index is -0.418. The molecule has 0 saturated carbocycles. The molecule has 1 N–H and O–H groups in total. The minimum absolute atomic E-state index is 0.271. The number of rotatable bonds is 5. The zero-order chi connectivity index (χ0) is 13.0. The molecule has 0 bridgehead atoms. The van der Waals surface area contributed by atoms with Crippen LogP contribution in [-0.2, 0) is 6.61 Å². The molecule has 2 rings (SSSR count). The predicted octanol–water partition coefficient (Wildman–Crippen LogP) is 2.40. The summed E-state index contributed by atoms with van der Waals surface area (Å²) in [6, 6.07) is 7.35. The van der Waals surface area contributed by atoms with Gasteiger partial charge >= 0.3 is 0 Å². The Balaban J connectivity index is 1.94. The summed E-state index contributed by atoms with van der Waals surface area (Å²) in [6.07, 6.45) is 0.279. The van der Waals surface area contributed by atoms with Gasteiger partial charge in [0.25, 0.3) is 0 Å². The summed E-state index contributed by atoms with van der Waals surface area (Å²) < 4.78 is 10.4. The summed E-state index contributed by atoms with van der Waals surface area (Å²) in [5.74, 6) is 1.75. The van der Waals surface area contributed by atoms with Gasteiger partial charge in [-0.25, -0.2) is 0 Å². The topological polar surface area (TPSA) is 68.4 Å². The number of aromatic nitrogens is 2. The molecular formula is C13H16N2O3. The van der Waals surface area contributed by atoms with Crippen LogP contribution < -0.4 is 4.74 Å². The lowest BCUT2D eigenvalue weighted by Crippen LogP contribution is -1.99. The van der Waals surface area contributed by atoms with Gasteiger partial charge in [0.15, 0.2) is 6.61 Å². The lowest BCUT2D eigenvalue weighted by molar-refractivity contribution is 0.173. The van der Waals surface area contributed by atoms with E-state index in [1.807, 2.05) is 31.2 Å². The van der Waals surface area contributed by atoms with Crippen molar-refractivity contribution >= 4 is 0 Å². The summed E-state index contributed by atoms with van der Waals surface area (Å²) in [6.45, 7) is 3.94. The molecule has 1 heterocycles. The van der Waals surface area contributed by atoms with Crippen molar-refractivity contribution in [1.82, 2.24) is 10.1 Å². The Kier molecular flexibility index (Phi) is 3.94. The standard InChI is InChI=1S/C13H16N2O3/c1-3-12(16)10-4-6-11(7-5-10)17-8-13-14-9(2)18-15-13/h4-7,12,16H,3,8H2,1-2H3. The first kappa shape index (κ1) is 12.6. The first-order chi connectivity index (χ1) is 8.69. The predicted molar refractivity (Wildman–Crippen MR) is 65.1 cm³/mol. The summed E-state index contributed by atoms with van der Waals surface area (Å²) in [4.78, 5) is 4.04. The van der Waals surface area contributed by atoms with Crippen LogP contribution in [0.1, 0.15) is 36.7 Å². The molecule has 0 saturated heterocycles. The number of aryl methyl sites for hydroxylation is 1. The second-order valence-electron chi connectivity index (χ2n) is 4.01. The highest BCUT2D eigenvalue weighted by Crippen LogP contribution is 2.20. The lowest BCUT2D eigenvalue weighted by Gasteiger charge is -2.09. The van der Waals surface area contributed by atoms with Gasteiger partial charge in [-0.15, -0.1) is 0 Å². The number of hydrogen-bond donors (Lipinski definition) is 1. The molecule has 0 fully saturated rings. The number of aliphatic hydroxyl groups excluding tert-OH is 1. The normalized spacial score (nSPS) is 12.4. The van der Waals surface area contributed by atoms with Crippen LogP contribution in [-0.4, -0.2) is 15.2 Å². The number of benzene rings is 1. The Morgan fingerprint density at radius 3 is 2.61 bits per heavy atom. The molecule has 5 heteroatoms. The van der Waals surface area contributed by atoms with Crippen LogP contribution in [0.3, 0.4) is 0 Å². The van der Waals surface area contributed by atoms with Crippen LogP contribution in [0.2, 0.25) is 0 Å². The molecule has 0 aliphatic carbocycles. The Morgan fingerprint density at radius 2 is 2.06 bits per heavy atom. The lowest BCUT2D eigenvalue weighted by atomic mass is 10.1. The highest BCUT2D eigenvalue weighted by molar-refractivity contribution is 5.28. The molecule has 1 unspecified atom stereocenters. The van der Waals surface area contributed by atoms with Gasteiger partial charge in [0, 0.05) is 6.92 Å². The largest absolute Gasteiger partial charge is 0.485 e. The fourth-order valence-corrected chi connectivity index (χ4v) is 1.57. The Labute approximate surface area is 105 Å². The Morgan fingerprint density at radius 1 is 1.33 bits per heavy atom. The highest BCUT2D eigenvalue weighted by atomic mass is 16.5. The van der Waals surface area contributed by atoms with Gasteiger partial charge in [-0.3, -0.25) is 0 Å². The van der Waals surface area contributed by atoms with Crippen molar-refractivity contribution < 1.29 is 14.4 Å². The van der Waals surface area contributed by atoms with Crippen molar-refractivity contribution in [2.24, 2.45) is 0 Å². The van der Waals surface area contributed by atoms with E-state index in [4.69, 9.17) is 9.26 Å². The molecular weight excluding hydrogens is 232 g/mol. The fraction of sp³-hybridized carbons (Fsp3) is 0.385. The van der Waals surface area contributed by atoms with Crippen LogP contribution in [0.25, 0.3) is 0 Å². The van der Waals surface area contributed by atoms with Crippen LogP contribution in [0.5, 0.6) is 5.75 Å². The van der Waals surface area contributed by atoms with E-state index in [-0.39, 0.29) is 6.61 Å². The van der Waals surface area contributed by atoms with Gasteiger partial charge in [-0.2, -0.15) is 4.98 Å². The second kappa shape index (κ2) is 5.64. The number of aliphatic hydroxyl groups is 1. The quantitative estimate of drug-likeness (QED) is 0.879. The minimum Gasteiger partial charge on any atom is -0.485 e. The molecule has 0 aliphatic heterocycles. The van der Waals surface area contributed by atoms with Gasteiger partial charge in [0.05, 0.1) is 6.10 Å². The van der Waals surface area contributed by atoms with E-state index in [1.165, 1.54) is 0 Å². The van der Waals surface area contributed by atoms with Gasteiger partial charge in [0.2, 0.25) is 11.7 Å². The van der Waals surface area contributed by atoms with E-state index in [0.717, 1.165) is 5.56 Å². The smallest absolute Gasteiger partial charge is 0.223 e. The zero-order valence-corrected chi connectivity index (χ0v) is 10.5. The average Bonchev–Trinajstić information content (AvgIpc) is 2.82. The SMILES string of the molecule is CCC(O)c1ccc(OCc2noc(C)n2)cc1. The van der Waals surface area contributed by atoms with E-state index >= 15 is 0 Å². The third kappa shape index (κ3) is 3.07. The van der Waals surface area contributed by atoms with Crippen LogP contribution >= 0.6 is 0 Å². The summed E-state index contributed by atoms with van der Waals surface area (Å²) in [7, 11) is 0. The van der Waals surface area contributed by atoms with Crippen molar-refractivity contribution in [3.63, 3.8) is 0 Å². The van der Waals surface area contributed by atoms with Crippen molar-refractivity contribution in [2.75, 3.05) is 0 Å². The Bertz CT molecular complexity index is 493. The molecule has 96 valence electrons. The molecule has 0 radical (unpaired) electrons. The van der Waals surface area contributed by atoms with Gasteiger partial charge < -0.3 is 14.4 Å². The first-order valence-electron chi connectivity index (χ1n) is 5.89. The second-order valence-corrected chi connectivity index (χ2v) is 4.01. The maximum atomic E-state index is 9.66. The number of hydrogen-bond acceptors (Lipinski definition) is 5. The summed E-state index contributed by atoms with van der Waals surface area (Å²) >= 11 is 0. The maximum Gasteiger partial charge on any atom is 0.223 e. The summed E-state index contributed by atoms with van der Waals surface area (Å²) in [5.41, 5.74) is 0.889. The van der Waals surface area contributed by atoms with Crippen molar-refractivity contribution in [2.45, 2.75) is 33.0 Å². The van der Waals surface area contributed by atoms with Gasteiger partial charge in [-0.05, 0) is 24.1 Å². The Hall–Kier alpha value is -1.88. The molecule has 18 heavy (non-hydrogen) atoms. The molecule has 5 nitrogen and oxygen atoms in total. The molecule has 0 amide bonds. The van der Waals surface area contributed by atoms with Crippen LogP contribution in [0.4, 0.5) is 0 Å². The number of nitrogens with zero attached hydrogens (tertiary/aromatic N) is 2. The average molecular weight is 248 g/mol. The third-order valence-electron chi connectivity index (χ3n) is 2.59. The third-order valence-corrected chi connectivity index (χ3v) is 2.59. The van der Waals surface area contributed by atoms with E-state index in [2.05, 4.69) is 10.1 Å². The summed E-state index contributed by atoms with van der Waals surface area (Å²) in [5, 5.41) is 13.4. The monoisotopic (exact) mass is 248 g/mol. The highest BCUT2D eigenvalue weighted by Gasteiger charge is 2.06. The van der Waals surface area contributed by atoms with Crippen LogP contribution in [0, 0.1) is 6.92 Å². The fourth-order valence-electron chi connectivity index (χ4n) is 1.57. The molecule has 1 aromatic carbocycles. The molecule has 0 spiro atoms. The van der Waals surface area contributed by atoms with Crippen molar-refractivity contribution in [3.05, 3.63) is 41.5 Å². The first-order valence-corrected chi connectivity index (χ1v) is 5.89. The van der Waals surface area contributed by atoms with E-state index in [9.17, 15) is 5.11 Å². The van der Waals surface area contributed by atoms with E-state index < -0.39 is 6.10 Å². The van der Waals surface area contributed by atoms with Crippen molar-refractivity contribution in [3.8, 4) is 5.75 Å². The zero-order valence-electron chi connectivity index (χ0n) is 10.5. The number of ether oxygens (including phenoxy) is 1. The van der Waals surface area contributed by atoms with Crippen LogP contribution in [0.15, 0.2) is 28.8 Å². The molecule has 2 aromatic rings. The maximum absolute atomic E-state index is 9.66. The van der Waals surface area contributed by atoms with E-state index in [0.29, 0.717) is 23.9 Å². The molecule has 1 aromatic heterocycles.